The van der Waals surface area contributed by atoms with Gasteiger partial charge in [0.05, 0.1) is 22.3 Å². The maximum atomic E-state index is 11.8. The van der Waals surface area contributed by atoms with Crippen molar-refractivity contribution < 1.29 is 14.3 Å². The second-order valence-corrected chi connectivity index (χ2v) is 6.56. The number of pyridine rings is 1. The smallest absolute Gasteiger partial charge is 0.259 e. The molecule has 7 nitrogen and oxygen atoms in total. The third-order valence-corrected chi connectivity index (χ3v) is 5.18. The molecule has 0 bridgehead atoms. The van der Waals surface area contributed by atoms with Gasteiger partial charge in [-0.05, 0) is 30.0 Å². The van der Waals surface area contributed by atoms with Gasteiger partial charge >= 0.3 is 0 Å². The Labute approximate surface area is 141 Å². The molecule has 1 aliphatic carbocycles. The molecule has 0 fully saturated rings. The van der Waals surface area contributed by atoms with Gasteiger partial charge in [-0.3, -0.25) is 9.48 Å². The number of thiophene rings is 1. The Kier molecular flexibility index (Phi) is 3.27. The number of hydrogen-bond acceptors (Lipinski definition) is 5. The fourth-order valence-corrected chi connectivity index (χ4v) is 4.11. The Hall–Kier alpha value is -2.87. The molecule has 4 rings (SSSR count). The van der Waals surface area contributed by atoms with Crippen LogP contribution in [0.15, 0.2) is 30.7 Å². The normalized spacial score (nSPS) is 12.5. The molecule has 3 aromatic heterocycles. The lowest BCUT2D eigenvalue weighted by molar-refractivity contribution is -0.605. The third kappa shape index (κ3) is 2.23. The summed E-state index contributed by atoms with van der Waals surface area (Å²) in [5, 5.41) is 16.3. The first kappa shape index (κ1) is 14.7. The van der Waals surface area contributed by atoms with Crippen LogP contribution < -0.4 is 15.2 Å². The zero-order valence-corrected chi connectivity index (χ0v) is 13.7. The molecule has 0 spiro atoms. The summed E-state index contributed by atoms with van der Waals surface area (Å²) in [4.78, 5) is 12.3. The molecule has 3 heterocycles. The number of carbonyl (C=O) groups is 1. The molecule has 0 unspecified atom stereocenters. The maximum absolute atomic E-state index is 11.8. The molecule has 3 aromatic rings. The number of hydrogen-bond donors (Lipinski definition) is 1. The topological polar surface area (TPSA) is 97.1 Å². The van der Waals surface area contributed by atoms with Crippen LogP contribution >= 0.6 is 11.3 Å². The summed E-state index contributed by atoms with van der Waals surface area (Å²) in [5.41, 5.74) is 9.32. The highest BCUT2D eigenvalue weighted by atomic mass is 32.1. The first-order valence-electron chi connectivity index (χ1n) is 7.38. The third-order valence-electron chi connectivity index (χ3n) is 4.05. The summed E-state index contributed by atoms with van der Waals surface area (Å²) in [7, 11) is 1.85. The molecule has 1 amide bonds. The lowest BCUT2D eigenvalue weighted by Crippen LogP contribution is -2.23. The molecule has 2 N–H and O–H groups in total. The number of primary amides is 1. The zero-order valence-electron chi connectivity index (χ0n) is 12.9. The van der Waals surface area contributed by atoms with Crippen molar-refractivity contribution in [2.45, 2.75) is 12.8 Å². The van der Waals surface area contributed by atoms with E-state index in [1.807, 2.05) is 13.2 Å². The average molecular weight is 342 g/mol. The minimum absolute atomic E-state index is 0.405. The van der Waals surface area contributed by atoms with Crippen LogP contribution in [0.25, 0.3) is 11.3 Å². The number of nitrogens with two attached hydrogens (primary N) is 1. The largest absolute Gasteiger partial charge is 0.619 e. The Morgan fingerprint density at radius 2 is 2.33 bits per heavy atom. The van der Waals surface area contributed by atoms with E-state index in [-0.39, 0.29) is 0 Å². The molecular formula is C16H14N4O3S. The summed E-state index contributed by atoms with van der Waals surface area (Å²) in [5.74, 6) is -0.0643. The minimum Gasteiger partial charge on any atom is -0.619 e. The fraction of sp³-hybridized carbons (Fsp3) is 0.188. The van der Waals surface area contributed by atoms with E-state index >= 15 is 0 Å². The summed E-state index contributed by atoms with van der Waals surface area (Å²) < 4.78 is 8.36. The predicted molar refractivity (Wildman–Crippen MR) is 87.9 cm³/mol. The second kappa shape index (κ2) is 5.34. The molecule has 0 saturated heterocycles. The van der Waals surface area contributed by atoms with Crippen LogP contribution in [-0.4, -0.2) is 15.7 Å². The zero-order chi connectivity index (χ0) is 16.8. The van der Waals surface area contributed by atoms with E-state index in [4.69, 9.17) is 10.5 Å². The molecule has 1 aliphatic rings. The van der Waals surface area contributed by atoms with Crippen LogP contribution in [0.5, 0.6) is 10.8 Å². The van der Waals surface area contributed by atoms with Gasteiger partial charge in [0.15, 0.2) is 17.0 Å². The van der Waals surface area contributed by atoms with Gasteiger partial charge < -0.3 is 15.7 Å². The highest BCUT2D eigenvalue weighted by molar-refractivity contribution is 7.16. The lowest BCUT2D eigenvalue weighted by atomic mass is 9.91. The SMILES string of the molecule is Cn1ncc2c1-c1c(Oc3ccc[n+]([O-])c3)sc(C(N)=O)c1CC2. The fourth-order valence-electron chi connectivity index (χ4n) is 3.04. The van der Waals surface area contributed by atoms with Gasteiger partial charge in [0.1, 0.15) is 0 Å². The minimum atomic E-state index is -0.469. The highest BCUT2D eigenvalue weighted by Crippen LogP contribution is 2.48. The van der Waals surface area contributed by atoms with Crippen molar-refractivity contribution in [1.82, 2.24) is 9.78 Å². The summed E-state index contributed by atoms with van der Waals surface area (Å²) in [6.45, 7) is 0. The number of ether oxygens (including phenoxy) is 1. The van der Waals surface area contributed by atoms with Crippen LogP contribution in [-0.2, 0) is 19.9 Å². The quantitative estimate of drug-likeness (QED) is 0.579. The Bertz CT molecular complexity index is 960. The number of fused-ring (bicyclic) bond motifs is 3. The summed E-state index contributed by atoms with van der Waals surface area (Å²) in [6.07, 6.45) is 6.06. The lowest BCUT2D eigenvalue weighted by Gasteiger charge is -2.16. The molecule has 0 aromatic carbocycles. The number of aromatic nitrogens is 3. The molecular weight excluding hydrogens is 328 g/mol. The summed E-state index contributed by atoms with van der Waals surface area (Å²) >= 11 is 1.21. The maximum Gasteiger partial charge on any atom is 0.259 e. The van der Waals surface area contributed by atoms with E-state index in [1.54, 1.807) is 16.8 Å². The Morgan fingerprint density at radius 1 is 1.50 bits per heavy atom. The van der Waals surface area contributed by atoms with E-state index < -0.39 is 5.91 Å². The van der Waals surface area contributed by atoms with Crippen molar-refractivity contribution in [2.24, 2.45) is 12.8 Å². The first-order chi connectivity index (χ1) is 11.5. The molecule has 0 atom stereocenters. The first-order valence-corrected chi connectivity index (χ1v) is 8.19. The molecule has 0 aliphatic heterocycles. The van der Waals surface area contributed by atoms with Crippen LogP contribution in [0.2, 0.25) is 0 Å². The Morgan fingerprint density at radius 3 is 3.08 bits per heavy atom. The standard InChI is InChI=1S/C16H14N4O3S/c1-19-13-9(7-18-19)4-5-11-12(13)16(24-14(11)15(17)21)23-10-3-2-6-20(22)8-10/h2-3,6-8H,4-5H2,1H3,(H2,17,21). The van der Waals surface area contributed by atoms with Crippen LogP contribution in [0.4, 0.5) is 0 Å². The molecule has 122 valence electrons. The number of nitrogens with zero attached hydrogens (tertiary/aromatic N) is 3. The number of carbonyl (C=O) groups excluding carboxylic acids is 1. The van der Waals surface area contributed by atoms with Crippen molar-refractivity contribution in [3.05, 3.63) is 51.9 Å². The molecule has 0 radical (unpaired) electrons. The number of rotatable bonds is 3. The number of amides is 1. The van der Waals surface area contributed by atoms with Gasteiger partial charge in [0.25, 0.3) is 5.91 Å². The predicted octanol–water partition coefficient (Wildman–Crippen LogP) is 1.77. The highest BCUT2D eigenvalue weighted by Gasteiger charge is 2.31. The Balaban J connectivity index is 1.89. The van der Waals surface area contributed by atoms with E-state index in [0.717, 1.165) is 28.8 Å². The van der Waals surface area contributed by atoms with Crippen molar-refractivity contribution >= 4 is 17.2 Å². The second-order valence-electron chi connectivity index (χ2n) is 5.58. The van der Waals surface area contributed by atoms with Crippen LogP contribution in [0, 0.1) is 5.21 Å². The van der Waals surface area contributed by atoms with Gasteiger partial charge in [-0.2, -0.15) is 9.83 Å². The van der Waals surface area contributed by atoms with Gasteiger partial charge in [0.2, 0.25) is 6.20 Å². The van der Waals surface area contributed by atoms with Crippen molar-refractivity contribution in [3.8, 4) is 22.1 Å². The van der Waals surface area contributed by atoms with E-state index in [1.165, 1.54) is 23.7 Å². The van der Waals surface area contributed by atoms with Gasteiger partial charge in [-0.25, -0.2) is 0 Å². The van der Waals surface area contributed by atoms with Crippen molar-refractivity contribution in [3.63, 3.8) is 0 Å². The van der Waals surface area contributed by atoms with E-state index in [0.29, 0.717) is 26.8 Å². The van der Waals surface area contributed by atoms with Crippen molar-refractivity contribution in [1.29, 1.82) is 0 Å². The van der Waals surface area contributed by atoms with Crippen LogP contribution in [0.3, 0.4) is 0 Å². The van der Waals surface area contributed by atoms with E-state index in [2.05, 4.69) is 5.10 Å². The van der Waals surface area contributed by atoms with E-state index in [9.17, 15) is 10.0 Å². The van der Waals surface area contributed by atoms with Gasteiger partial charge in [-0.1, -0.05) is 11.3 Å². The molecule has 24 heavy (non-hydrogen) atoms. The van der Waals surface area contributed by atoms with Crippen LogP contribution in [0.1, 0.15) is 20.8 Å². The summed E-state index contributed by atoms with van der Waals surface area (Å²) in [6, 6.07) is 3.30. The number of aryl methyl sites for hydroxylation is 2. The molecule has 0 saturated carbocycles. The van der Waals surface area contributed by atoms with Gasteiger partial charge in [0, 0.05) is 13.1 Å². The van der Waals surface area contributed by atoms with Gasteiger partial charge in [-0.15, -0.1) is 0 Å². The molecule has 8 heteroatoms. The monoisotopic (exact) mass is 342 g/mol. The average Bonchev–Trinajstić information content (AvgIpc) is 3.09. The van der Waals surface area contributed by atoms with Crippen molar-refractivity contribution in [2.75, 3.05) is 0 Å².